The van der Waals surface area contributed by atoms with Gasteiger partial charge in [0.1, 0.15) is 23.2 Å². The summed E-state index contributed by atoms with van der Waals surface area (Å²) in [6.07, 6.45) is 5.50. The van der Waals surface area contributed by atoms with Crippen molar-refractivity contribution in [2.45, 2.75) is 38.5 Å². The van der Waals surface area contributed by atoms with E-state index >= 15 is 0 Å². The van der Waals surface area contributed by atoms with E-state index in [9.17, 15) is 4.79 Å². The minimum absolute atomic E-state index is 0.116. The summed E-state index contributed by atoms with van der Waals surface area (Å²) in [6.45, 7) is 3.65. The molecule has 3 aromatic rings. The number of rotatable bonds is 3. The van der Waals surface area contributed by atoms with E-state index in [2.05, 4.69) is 19.7 Å². The Hall–Kier alpha value is -2.96. The molecule has 1 saturated carbocycles. The third kappa shape index (κ3) is 2.13. The van der Waals surface area contributed by atoms with Gasteiger partial charge < -0.3 is 15.5 Å². The third-order valence-corrected chi connectivity index (χ3v) is 5.36. The van der Waals surface area contributed by atoms with Gasteiger partial charge in [0.2, 0.25) is 5.91 Å². The summed E-state index contributed by atoms with van der Waals surface area (Å²) in [5.41, 5.74) is 7.79. The minimum atomic E-state index is -0.731. The standard InChI is InChI=1S/C19H20N6O/c1-19(2)13-15(20)22-17(23-16(13)24-18(19)26)14-11-5-3-4-8-25(11)12(21-14)9-10-6-7-10/h3-5,8,10H,6-7,9H2,1-2H3,(H3,20,22,23,24,26). The molecule has 132 valence electrons. The van der Waals surface area contributed by atoms with E-state index in [4.69, 9.17) is 10.7 Å². The van der Waals surface area contributed by atoms with Gasteiger partial charge in [-0.05, 0) is 44.7 Å². The normalized spacial score (nSPS) is 18.2. The highest BCUT2D eigenvalue weighted by Crippen LogP contribution is 2.40. The number of carbonyl (C=O) groups is 1. The number of hydrogen-bond donors (Lipinski definition) is 2. The summed E-state index contributed by atoms with van der Waals surface area (Å²) in [5.74, 6) is 2.89. The smallest absolute Gasteiger partial charge is 0.235 e. The van der Waals surface area contributed by atoms with E-state index in [-0.39, 0.29) is 5.91 Å². The minimum Gasteiger partial charge on any atom is -0.383 e. The van der Waals surface area contributed by atoms with Crippen molar-refractivity contribution in [3.8, 4) is 11.5 Å². The number of nitrogens with one attached hydrogen (secondary N) is 1. The Morgan fingerprint density at radius 3 is 2.85 bits per heavy atom. The molecule has 7 nitrogen and oxygen atoms in total. The predicted molar refractivity (Wildman–Crippen MR) is 98.7 cm³/mol. The van der Waals surface area contributed by atoms with Gasteiger partial charge in [-0.15, -0.1) is 0 Å². The number of nitrogen functional groups attached to an aromatic ring is 1. The number of aromatic nitrogens is 4. The van der Waals surface area contributed by atoms with Gasteiger partial charge in [-0.2, -0.15) is 0 Å². The Morgan fingerprint density at radius 2 is 2.08 bits per heavy atom. The summed E-state index contributed by atoms with van der Waals surface area (Å²) in [5, 5.41) is 2.83. The molecule has 0 unspecified atom stereocenters. The van der Waals surface area contributed by atoms with Crippen molar-refractivity contribution in [2.24, 2.45) is 5.92 Å². The van der Waals surface area contributed by atoms with Crippen LogP contribution in [-0.4, -0.2) is 25.3 Å². The van der Waals surface area contributed by atoms with Crippen molar-refractivity contribution in [1.82, 2.24) is 19.4 Å². The lowest BCUT2D eigenvalue weighted by molar-refractivity contribution is -0.119. The van der Waals surface area contributed by atoms with Crippen molar-refractivity contribution < 1.29 is 4.79 Å². The van der Waals surface area contributed by atoms with E-state index in [1.54, 1.807) is 0 Å². The fraction of sp³-hybridized carbons (Fsp3) is 0.368. The Bertz CT molecular complexity index is 1060. The maximum atomic E-state index is 12.2. The highest BCUT2D eigenvalue weighted by molar-refractivity contribution is 6.06. The average Bonchev–Trinajstić information content (AvgIpc) is 3.29. The maximum absolute atomic E-state index is 12.2. The fourth-order valence-electron chi connectivity index (χ4n) is 3.66. The Kier molecular flexibility index (Phi) is 2.96. The molecule has 4 heterocycles. The van der Waals surface area contributed by atoms with Crippen LogP contribution in [0.1, 0.15) is 38.1 Å². The highest BCUT2D eigenvalue weighted by atomic mass is 16.2. The van der Waals surface area contributed by atoms with Gasteiger partial charge in [0.25, 0.3) is 0 Å². The molecule has 0 atom stereocenters. The third-order valence-electron chi connectivity index (χ3n) is 5.36. The summed E-state index contributed by atoms with van der Waals surface area (Å²) in [6, 6.07) is 5.98. The van der Waals surface area contributed by atoms with Gasteiger partial charge in [0.05, 0.1) is 16.5 Å². The van der Waals surface area contributed by atoms with E-state index in [0.717, 1.165) is 23.7 Å². The van der Waals surface area contributed by atoms with Crippen LogP contribution in [0.5, 0.6) is 0 Å². The number of anilines is 2. The first-order valence-corrected chi connectivity index (χ1v) is 8.91. The van der Waals surface area contributed by atoms with Crippen LogP contribution >= 0.6 is 0 Å². The SMILES string of the molecule is CC1(C)C(=O)Nc2nc(-c3nc(CC4CC4)n4ccccc34)nc(N)c21. The number of carbonyl (C=O) groups excluding carboxylic acids is 1. The zero-order chi connectivity index (χ0) is 18.1. The first-order chi connectivity index (χ1) is 12.4. The zero-order valence-electron chi connectivity index (χ0n) is 14.8. The number of fused-ring (bicyclic) bond motifs is 2. The molecule has 0 bridgehead atoms. The first kappa shape index (κ1) is 15.3. The van der Waals surface area contributed by atoms with E-state index in [1.807, 2.05) is 38.2 Å². The highest BCUT2D eigenvalue weighted by Gasteiger charge is 2.42. The number of nitrogens with zero attached hydrogens (tertiary/aromatic N) is 4. The molecule has 3 N–H and O–H groups in total. The van der Waals surface area contributed by atoms with Crippen molar-refractivity contribution in [3.63, 3.8) is 0 Å². The Balaban J connectivity index is 1.69. The molecule has 1 aliphatic carbocycles. The molecule has 1 fully saturated rings. The second kappa shape index (κ2) is 5.03. The van der Waals surface area contributed by atoms with Crippen LogP contribution in [0.15, 0.2) is 24.4 Å². The number of imidazole rings is 1. The van der Waals surface area contributed by atoms with Crippen LogP contribution in [0.3, 0.4) is 0 Å². The van der Waals surface area contributed by atoms with Crippen LogP contribution in [0, 0.1) is 5.92 Å². The van der Waals surface area contributed by atoms with Crippen molar-refractivity contribution in [1.29, 1.82) is 0 Å². The number of nitrogens with two attached hydrogens (primary N) is 1. The van der Waals surface area contributed by atoms with Gasteiger partial charge in [-0.3, -0.25) is 4.79 Å². The lowest BCUT2D eigenvalue weighted by atomic mass is 9.87. The summed E-state index contributed by atoms with van der Waals surface area (Å²) in [7, 11) is 0. The predicted octanol–water partition coefficient (Wildman–Crippen LogP) is 2.56. The average molecular weight is 348 g/mol. The first-order valence-electron chi connectivity index (χ1n) is 8.91. The molecule has 5 rings (SSSR count). The van der Waals surface area contributed by atoms with E-state index < -0.39 is 5.41 Å². The summed E-state index contributed by atoms with van der Waals surface area (Å²) >= 11 is 0. The fourth-order valence-corrected chi connectivity index (χ4v) is 3.66. The molecule has 2 aliphatic rings. The quantitative estimate of drug-likeness (QED) is 0.758. The van der Waals surface area contributed by atoms with Gasteiger partial charge in [-0.25, -0.2) is 15.0 Å². The molecule has 3 aromatic heterocycles. The summed E-state index contributed by atoms with van der Waals surface area (Å²) < 4.78 is 2.10. The molecular formula is C19H20N6O. The number of hydrogen-bond acceptors (Lipinski definition) is 5. The Morgan fingerprint density at radius 1 is 1.27 bits per heavy atom. The van der Waals surface area contributed by atoms with E-state index in [1.165, 1.54) is 12.8 Å². The van der Waals surface area contributed by atoms with Crippen LogP contribution in [0.2, 0.25) is 0 Å². The second-order valence-electron chi connectivity index (χ2n) is 7.72. The van der Waals surface area contributed by atoms with Crippen LogP contribution in [0.25, 0.3) is 17.0 Å². The lowest BCUT2D eigenvalue weighted by Gasteiger charge is -2.15. The topological polar surface area (TPSA) is 98.2 Å². The largest absolute Gasteiger partial charge is 0.383 e. The van der Waals surface area contributed by atoms with Crippen molar-refractivity contribution in [2.75, 3.05) is 11.1 Å². The molecule has 0 aromatic carbocycles. The Labute approximate surface area is 150 Å². The molecule has 7 heteroatoms. The molecule has 0 spiro atoms. The van der Waals surface area contributed by atoms with Gasteiger partial charge in [0, 0.05) is 12.6 Å². The molecular weight excluding hydrogens is 328 g/mol. The monoisotopic (exact) mass is 348 g/mol. The van der Waals surface area contributed by atoms with E-state index in [0.29, 0.717) is 28.7 Å². The lowest BCUT2D eigenvalue weighted by Crippen LogP contribution is -2.27. The van der Waals surface area contributed by atoms with Gasteiger partial charge >= 0.3 is 0 Å². The van der Waals surface area contributed by atoms with Crippen LogP contribution < -0.4 is 11.1 Å². The molecule has 1 aliphatic heterocycles. The van der Waals surface area contributed by atoms with Gasteiger partial charge in [0.15, 0.2) is 5.82 Å². The molecule has 26 heavy (non-hydrogen) atoms. The molecule has 0 radical (unpaired) electrons. The van der Waals surface area contributed by atoms with Crippen molar-refractivity contribution in [3.05, 3.63) is 35.8 Å². The second-order valence-corrected chi connectivity index (χ2v) is 7.72. The van der Waals surface area contributed by atoms with Crippen LogP contribution in [0.4, 0.5) is 11.6 Å². The van der Waals surface area contributed by atoms with Gasteiger partial charge in [-0.1, -0.05) is 6.07 Å². The maximum Gasteiger partial charge on any atom is 0.235 e. The zero-order valence-corrected chi connectivity index (χ0v) is 14.8. The number of pyridine rings is 1. The summed E-state index contributed by atoms with van der Waals surface area (Å²) in [4.78, 5) is 26.2. The number of amides is 1. The molecule has 0 saturated heterocycles. The van der Waals surface area contributed by atoms with Crippen LogP contribution in [-0.2, 0) is 16.6 Å². The molecule has 1 amide bonds. The van der Waals surface area contributed by atoms with Crippen molar-refractivity contribution >= 4 is 23.1 Å².